The molecule has 2 aromatic heterocycles. The van der Waals surface area contributed by atoms with Crippen molar-refractivity contribution in [2.75, 3.05) is 4.90 Å². The fourth-order valence-corrected chi connectivity index (χ4v) is 8.89. The molecular weight excluding hydrogens is 635 g/mol. The quantitative estimate of drug-likeness (QED) is 0.172. The Labute approximate surface area is 291 Å². The van der Waals surface area contributed by atoms with Crippen LogP contribution in [-0.4, -0.2) is 0 Å². The Kier molecular flexibility index (Phi) is 6.95. The van der Waals surface area contributed by atoms with Gasteiger partial charge in [0.1, 0.15) is 0 Å². The average molecular weight is 660 g/mol. The molecule has 3 nitrogen and oxygen atoms in total. The van der Waals surface area contributed by atoms with Crippen molar-refractivity contribution in [1.82, 2.24) is 0 Å². The highest BCUT2D eigenvalue weighted by Crippen LogP contribution is 2.41. The molecule has 0 aliphatic rings. The molecule has 9 rings (SSSR count). The Morgan fingerprint density at radius 2 is 0.939 bits per heavy atom. The molecule has 0 saturated heterocycles. The summed E-state index contributed by atoms with van der Waals surface area (Å²) in [6, 6.07) is 55.2. The first-order valence-electron chi connectivity index (χ1n) is 15.9. The first-order chi connectivity index (χ1) is 24.1. The molecule has 228 valence electrons. The Morgan fingerprint density at radius 1 is 0.469 bits per heavy atom. The fourth-order valence-electron chi connectivity index (χ4n) is 6.72. The van der Waals surface area contributed by atoms with Gasteiger partial charge in [-0.1, -0.05) is 72.8 Å². The Balaban J connectivity index is 1.11. The second-order valence-corrected chi connectivity index (χ2v) is 14.2. The summed E-state index contributed by atoms with van der Waals surface area (Å²) in [6.45, 7) is 7.70. The summed E-state index contributed by atoms with van der Waals surface area (Å²) in [4.78, 5) is 5.79. The van der Waals surface area contributed by atoms with Gasteiger partial charge in [-0.05, 0) is 101 Å². The standard InChI is InChI=1S/C44H25N3S2/c1-46-33-22-28(27-45)23-36(26-33)47(34-16-10-29(11-17-34)31-14-20-43-39(24-31)37-6-2-4-8-41(37)48-43)35-18-12-30(13-19-35)32-15-21-44-40(25-32)38-7-3-5-9-42(38)49-44/h2-26H. The van der Waals surface area contributed by atoms with Gasteiger partial charge in [0.15, 0.2) is 5.69 Å². The number of hydrogen-bond acceptors (Lipinski definition) is 4. The third kappa shape index (κ3) is 5.10. The van der Waals surface area contributed by atoms with Crippen LogP contribution in [0, 0.1) is 17.9 Å². The van der Waals surface area contributed by atoms with Crippen LogP contribution in [0.4, 0.5) is 22.7 Å². The number of nitrogens with zero attached hydrogens (tertiary/aromatic N) is 3. The maximum Gasteiger partial charge on any atom is 0.190 e. The molecule has 0 spiro atoms. The molecule has 0 bridgehead atoms. The number of thiophene rings is 2. The topological polar surface area (TPSA) is 31.4 Å². The molecule has 9 aromatic rings. The Bertz CT molecular complexity index is 2600. The maximum absolute atomic E-state index is 9.81. The smallest absolute Gasteiger partial charge is 0.190 e. The highest BCUT2D eigenvalue weighted by molar-refractivity contribution is 7.26. The lowest BCUT2D eigenvalue weighted by atomic mass is 10.0. The van der Waals surface area contributed by atoms with Crippen molar-refractivity contribution in [2.45, 2.75) is 0 Å². The zero-order chi connectivity index (χ0) is 32.9. The van der Waals surface area contributed by atoms with E-state index in [2.05, 4.69) is 149 Å². The molecule has 49 heavy (non-hydrogen) atoms. The van der Waals surface area contributed by atoms with E-state index in [0.717, 1.165) is 39.3 Å². The summed E-state index contributed by atoms with van der Waals surface area (Å²) in [5, 5.41) is 14.9. The van der Waals surface area contributed by atoms with Crippen molar-refractivity contribution < 1.29 is 0 Å². The molecule has 0 unspecified atom stereocenters. The molecule has 0 aliphatic heterocycles. The van der Waals surface area contributed by atoms with Crippen molar-refractivity contribution >= 4 is 85.8 Å². The molecule has 0 saturated carbocycles. The normalized spacial score (nSPS) is 11.2. The van der Waals surface area contributed by atoms with E-state index >= 15 is 0 Å². The Hall–Kier alpha value is -6.24. The van der Waals surface area contributed by atoms with E-state index in [1.807, 2.05) is 34.8 Å². The van der Waals surface area contributed by atoms with Crippen LogP contribution in [0.25, 0.3) is 67.4 Å². The third-order valence-corrected chi connectivity index (χ3v) is 11.4. The van der Waals surface area contributed by atoms with Gasteiger partial charge in [0.05, 0.1) is 12.6 Å². The summed E-state index contributed by atoms with van der Waals surface area (Å²) < 4.78 is 5.16. The van der Waals surface area contributed by atoms with Gasteiger partial charge in [0.25, 0.3) is 0 Å². The van der Waals surface area contributed by atoms with Crippen molar-refractivity contribution in [1.29, 1.82) is 5.26 Å². The number of nitriles is 1. The van der Waals surface area contributed by atoms with Crippen LogP contribution in [-0.2, 0) is 0 Å². The van der Waals surface area contributed by atoms with Crippen molar-refractivity contribution in [3.8, 4) is 28.3 Å². The molecule has 2 heterocycles. The van der Waals surface area contributed by atoms with Gasteiger partial charge in [-0.15, -0.1) is 22.7 Å². The highest BCUT2D eigenvalue weighted by atomic mass is 32.1. The van der Waals surface area contributed by atoms with E-state index in [0.29, 0.717) is 11.3 Å². The summed E-state index contributed by atoms with van der Waals surface area (Å²) in [5.41, 5.74) is 8.11. The first kappa shape index (κ1) is 28.9. The van der Waals surface area contributed by atoms with Crippen molar-refractivity contribution in [2.24, 2.45) is 0 Å². The van der Waals surface area contributed by atoms with E-state index < -0.39 is 0 Å². The van der Waals surface area contributed by atoms with E-state index in [9.17, 15) is 5.26 Å². The molecule has 0 amide bonds. The predicted molar refractivity (Wildman–Crippen MR) is 209 cm³/mol. The van der Waals surface area contributed by atoms with Crippen LogP contribution in [0.15, 0.2) is 152 Å². The van der Waals surface area contributed by atoms with Gasteiger partial charge in [0, 0.05) is 63.0 Å². The van der Waals surface area contributed by atoms with E-state index in [1.54, 1.807) is 6.07 Å². The van der Waals surface area contributed by atoms with E-state index in [4.69, 9.17) is 6.57 Å². The minimum atomic E-state index is 0.430. The molecule has 0 radical (unpaired) electrons. The van der Waals surface area contributed by atoms with Crippen LogP contribution in [0.5, 0.6) is 0 Å². The lowest BCUT2D eigenvalue weighted by Crippen LogP contribution is -2.10. The number of benzene rings is 7. The number of hydrogen-bond donors (Lipinski definition) is 0. The van der Waals surface area contributed by atoms with Crippen LogP contribution >= 0.6 is 22.7 Å². The van der Waals surface area contributed by atoms with Gasteiger partial charge >= 0.3 is 0 Å². The zero-order valence-electron chi connectivity index (χ0n) is 26.1. The van der Waals surface area contributed by atoms with Crippen LogP contribution in [0.2, 0.25) is 0 Å². The minimum absolute atomic E-state index is 0.430. The highest BCUT2D eigenvalue weighted by Gasteiger charge is 2.16. The number of rotatable bonds is 5. The summed E-state index contributed by atoms with van der Waals surface area (Å²) in [7, 11) is 0. The van der Waals surface area contributed by atoms with Crippen LogP contribution < -0.4 is 4.90 Å². The summed E-state index contributed by atoms with van der Waals surface area (Å²) in [6.07, 6.45) is 0. The lowest BCUT2D eigenvalue weighted by molar-refractivity contribution is 1.28. The maximum atomic E-state index is 9.81. The monoisotopic (exact) mass is 659 g/mol. The molecule has 7 aromatic carbocycles. The summed E-state index contributed by atoms with van der Waals surface area (Å²) >= 11 is 3.65. The SMILES string of the molecule is [C-]#[N+]c1cc(C#N)cc(N(c2ccc(-c3ccc4sc5ccccc5c4c3)cc2)c2ccc(-c3ccc4sc5ccccc5c4c3)cc2)c1. The van der Waals surface area contributed by atoms with Crippen molar-refractivity contribution in [3.05, 3.63) is 169 Å². The van der Waals surface area contributed by atoms with Gasteiger partial charge in [-0.25, -0.2) is 4.85 Å². The number of anilines is 3. The fraction of sp³-hybridized carbons (Fsp3) is 0. The predicted octanol–water partition coefficient (Wildman–Crippen LogP) is 13.6. The van der Waals surface area contributed by atoms with Gasteiger partial charge < -0.3 is 4.90 Å². The van der Waals surface area contributed by atoms with Crippen molar-refractivity contribution in [3.63, 3.8) is 0 Å². The minimum Gasteiger partial charge on any atom is -0.312 e. The number of fused-ring (bicyclic) bond motifs is 6. The first-order valence-corrected chi connectivity index (χ1v) is 17.5. The van der Waals surface area contributed by atoms with E-state index in [1.165, 1.54) is 40.3 Å². The molecule has 0 N–H and O–H groups in total. The van der Waals surface area contributed by atoms with Crippen LogP contribution in [0.3, 0.4) is 0 Å². The zero-order valence-corrected chi connectivity index (χ0v) is 27.7. The third-order valence-electron chi connectivity index (χ3n) is 9.09. The molecule has 5 heteroatoms. The van der Waals surface area contributed by atoms with Gasteiger partial charge in [0.2, 0.25) is 0 Å². The molecule has 0 atom stereocenters. The second-order valence-electron chi connectivity index (χ2n) is 12.0. The second kappa shape index (κ2) is 11.8. The Morgan fingerprint density at radius 3 is 1.43 bits per heavy atom. The summed E-state index contributed by atoms with van der Waals surface area (Å²) in [5.74, 6) is 0. The lowest BCUT2D eigenvalue weighted by Gasteiger charge is -2.26. The largest absolute Gasteiger partial charge is 0.312 e. The van der Waals surface area contributed by atoms with Crippen LogP contribution in [0.1, 0.15) is 5.56 Å². The van der Waals surface area contributed by atoms with Gasteiger partial charge in [-0.2, -0.15) is 5.26 Å². The van der Waals surface area contributed by atoms with Gasteiger partial charge in [-0.3, -0.25) is 0 Å². The van der Waals surface area contributed by atoms with E-state index in [-0.39, 0.29) is 0 Å². The molecular formula is C44H25N3S2. The molecule has 0 fully saturated rings. The molecule has 0 aliphatic carbocycles. The average Bonchev–Trinajstić information content (AvgIpc) is 3.73.